The topological polar surface area (TPSA) is 0 Å². The van der Waals surface area contributed by atoms with Gasteiger partial charge >= 0.3 is 30.2 Å². The maximum Gasteiger partial charge on any atom is -0.0253 e. The van der Waals surface area contributed by atoms with Crippen LogP contribution in [0, 0.1) is 12.1 Å². The van der Waals surface area contributed by atoms with E-state index in [0.29, 0.717) is 0 Å². The van der Waals surface area contributed by atoms with Crippen LogP contribution >= 0.6 is 0 Å². The molecule has 6 rings (SSSR count). The molecule has 0 amide bonds. The van der Waals surface area contributed by atoms with Gasteiger partial charge in [-0.2, -0.15) is 57.9 Å². The van der Waals surface area contributed by atoms with Crippen LogP contribution in [0.25, 0.3) is 22.3 Å². The average molecular weight is 667 g/mol. The first-order chi connectivity index (χ1) is 17.1. The molecule has 0 radical (unpaired) electrons. The van der Waals surface area contributed by atoms with Crippen LogP contribution in [-0.4, -0.2) is 23.0 Å². The maximum absolute atomic E-state index is 3.88. The van der Waals surface area contributed by atoms with Crippen molar-refractivity contribution >= 4 is 33.4 Å². The summed E-state index contributed by atoms with van der Waals surface area (Å²) >= 11 is 1.58. The molecule has 0 atom stereocenters. The fourth-order valence-electron chi connectivity index (χ4n) is 5.28. The quantitative estimate of drug-likeness (QED) is 0.184. The van der Waals surface area contributed by atoms with E-state index in [1.165, 1.54) is 44.5 Å². The largest absolute Gasteiger partial charge is 0.179 e. The minimum Gasteiger partial charge on any atom is -0.179 e. The van der Waals surface area contributed by atoms with E-state index >= 15 is 0 Å². The zero-order valence-corrected chi connectivity index (χ0v) is 30.7. The summed E-state index contributed by atoms with van der Waals surface area (Å²) in [5.41, 5.74) is 11.3. The van der Waals surface area contributed by atoms with Crippen molar-refractivity contribution in [2.75, 3.05) is 0 Å². The van der Waals surface area contributed by atoms with E-state index < -0.39 is 16.1 Å². The van der Waals surface area contributed by atoms with E-state index in [-0.39, 0.29) is 24.8 Å². The number of hydrogen-bond donors (Lipinski definition) is 0. The normalized spacial score (nSPS) is 12.1. The fourth-order valence-corrected chi connectivity index (χ4v) is 10.3. The van der Waals surface area contributed by atoms with Crippen LogP contribution in [0.4, 0.5) is 0 Å². The Morgan fingerprint density at radius 3 is 1.68 bits per heavy atom. The van der Waals surface area contributed by atoms with Gasteiger partial charge in [-0.05, 0) is 12.8 Å². The molecule has 6 heteroatoms. The van der Waals surface area contributed by atoms with Gasteiger partial charge in [0, 0.05) is 8.07 Å². The molecule has 0 saturated heterocycles. The second-order valence-electron chi connectivity index (χ2n) is 11.7. The average Bonchev–Trinajstić information content (AvgIpc) is 3.42. The Bertz CT molecular complexity index is 1360. The minimum absolute atomic E-state index is 0. The van der Waals surface area contributed by atoms with Crippen LogP contribution in [0.2, 0.25) is 39.3 Å². The molecule has 0 unspecified atom stereocenters. The molecule has 196 valence electrons. The molecule has 0 fully saturated rings. The van der Waals surface area contributed by atoms with Gasteiger partial charge < -0.3 is 24.8 Å². The molecular weight excluding hydrogens is 631 g/mol. The van der Waals surface area contributed by atoms with E-state index in [4.69, 9.17) is 0 Å². The smallest absolute Gasteiger partial charge is 0.0253 e. The molecular formula is C32H36Cl2Si3Zr-2. The maximum atomic E-state index is 3.88. The molecule has 2 aliphatic carbocycles. The van der Waals surface area contributed by atoms with Gasteiger partial charge in [0.05, 0.1) is 8.07 Å². The Balaban J connectivity index is 0.000000257. The van der Waals surface area contributed by atoms with Crippen molar-refractivity contribution in [1.29, 1.82) is 0 Å². The number of benzene rings is 4. The Morgan fingerprint density at radius 1 is 0.632 bits per heavy atom. The first kappa shape index (κ1) is 33.2. The third-order valence-electron chi connectivity index (χ3n) is 7.01. The summed E-state index contributed by atoms with van der Waals surface area (Å²) in [7, 11) is -2.70. The zero-order chi connectivity index (χ0) is 26.1. The molecule has 0 aliphatic heterocycles. The van der Waals surface area contributed by atoms with E-state index in [1.807, 2.05) is 12.9 Å². The van der Waals surface area contributed by atoms with E-state index in [9.17, 15) is 0 Å². The molecule has 4 aromatic rings. The summed E-state index contributed by atoms with van der Waals surface area (Å²) in [6, 6.07) is 33.4. The molecule has 0 heterocycles. The van der Waals surface area contributed by atoms with Crippen molar-refractivity contribution in [2.45, 2.75) is 52.1 Å². The minimum atomic E-state index is -1.35. The number of halogens is 2. The molecule has 4 aromatic carbocycles. The third kappa shape index (κ3) is 7.00. The second-order valence-corrected chi connectivity index (χ2v) is 21.7. The van der Waals surface area contributed by atoms with Gasteiger partial charge in [0.15, 0.2) is 0 Å². The van der Waals surface area contributed by atoms with Crippen molar-refractivity contribution in [1.82, 2.24) is 0 Å². The molecule has 0 saturated carbocycles. The molecule has 0 bridgehead atoms. The molecule has 0 spiro atoms. The molecule has 0 nitrogen and oxygen atoms in total. The summed E-state index contributed by atoms with van der Waals surface area (Å²) in [6.07, 6.45) is 2.11. The standard InChI is InChI=1S/C19H25Si2.C13H9.2ClH.H2Si.Zr/c1-20(2,3)18-12-15-11-14-9-7-8-10-16(14)17(15)13-19(18)21(4,5)6;1-3-7-12-10(5-1)9-11-6-2-4-8-13(11)12;;;;/h7-10,13H,11H2,1-6H3;1-5,7-8H,9H2;2*1H;1H2;/q2*-1;;;;+2/p-2. The van der Waals surface area contributed by atoms with Crippen LogP contribution in [0.5, 0.6) is 0 Å². The van der Waals surface area contributed by atoms with E-state index in [0.717, 1.165) is 12.8 Å². The number of fused-ring (bicyclic) bond motifs is 6. The Kier molecular flexibility index (Phi) is 11.9. The van der Waals surface area contributed by atoms with Crippen LogP contribution in [0.15, 0.2) is 72.8 Å². The van der Waals surface area contributed by atoms with Crippen LogP contribution < -0.4 is 35.2 Å². The van der Waals surface area contributed by atoms with Crippen LogP contribution in [0.3, 0.4) is 0 Å². The van der Waals surface area contributed by atoms with E-state index in [2.05, 4.69) is 118 Å². The van der Waals surface area contributed by atoms with Gasteiger partial charge in [-0.15, -0.1) is 11.1 Å². The second kappa shape index (κ2) is 13.6. The summed E-state index contributed by atoms with van der Waals surface area (Å²) in [6.45, 7) is 16.7. The van der Waals surface area contributed by atoms with Gasteiger partial charge in [-0.3, -0.25) is 0 Å². The number of rotatable bonds is 2. The van der Waals surface area contributed by atoms with Gasteiger partial charge in [-0.25, -0.2) is 0 Å². The predicted molar refractivity (Wildman–Crippen MR) is 162 cm³/mol. The van der Waals surface area contributed by atoms with Crippen molar-refractivity contribution in [3.63, 3.8) is 0 Å². The first-order valence-corrected chi connectivity index (χ1v) is 25.7. The SMILES string of the molecule is C[Si](C)(C)c1[c-]c2c(cc1[Si](C)(C)C)-c1ccccc1C2.[Cl-].[Cl-].[SiH2]=[Zr+2].[c-]1cccc2c1Cc1ccccc1-2. The summed E-state index contributed by atoms with van der Waals surface area (Å²) in [5.74, 6) is 0. The van der Waals surface area contributed by atoms with Gasteiger partial charge in [-0.1, -0.05) is 110 Å². The zero-order valence-electron chi connectivity index (χ0n) is 23.3. The van der Waals surface area contributed by atoms with Crippen molar-refractivity contribution in [3.8, 4) is 22.3 Å². The molecule has 38 heavy (non-hydrogen) atoms. The summed E-state index contributed by atoms with van der Waals surface area (Å²) in [4.78, 5) is 0. The van der Waals surface area contributed by atoms with Crippen molar-refractivity contribution in [3.05, 3.63) is 107 Å². The summed E-state index contributed by atoms with van der Waals surface area (Å²) in [5, 5.41) is 3.21. The van der Waals surface area contributed by atoms with Gasteiger partial charge in [0.25, 0.3) is 0 Å². The molecule has 0 aromatic heterocycles. The van der Waals surface area contributed by atoms with Gasteiger partial charge in [0.1, 0.15) is 0 Å². The van der Waals surface area contributed by atoms with Crippen LogP contribution in [-0.2, 0) is 36.2 Å². The number of hydrogen-bond acceptors (Lipinski definition) is 0. The van der Waals surface area contributed by atoms with Crippen LogP contribution in [0.1, 0.15) is 22.3 Å². The van der Waals surface area contributed by atoms with Crippen molar-refractivity contribution in [2.24, 2.45) is 0 Å². The summed E-state index contributed by atoms with van der Waals surface area (Å²) < 4.78 is 0. The Hall–Kier alpha value is -1.01. The molecule has 0 N–H and O–H groups in total. The third-order valence-corrected chi connectivity index (χ3v) is 11.2. The first-order valence-electron chi connectivity index (χ1n) is 12.7. The monoisotopic (exact) mass is 664 g/mol. The Morgan fingerprint density at radius 2 is 1.13 bits per heavy atom. The fraction of sp³-hybridized carbons (Fsp3) is 0.250. The van der Waals surface area contributed by atoms with Gasteiger partial charge in [0.2, 0.25) is 0 Å². The molecule has 2 aliphatic rings. The van der Waals surface area contributed by atoms with Crippen molar-refractivity contribution < 1.29 is 48.1 Å². The Labute approximate surface area is 261 Å². The van der Waals surface area contributed by atoms with E-state index in [1.54, 1.807) is 33.7 Å². The predicted octanol–water partition coefficient (Wildman–Crippen LogP) is 0.296.